The zero-order valence-electron chi connectivity index (χ0n) is 17.2. The number of nitrogens with zero attached hydrogens (tertiary/aromatic N) is 2. The molecular weight excluding hydrogens is 388 g/mol. The van der Waals surface area contributed by atoms with Crippen LogP contribution in [0.15, 0.2) is 42.5 Å². The first-order chi connectivity index (χ1) is 14.7. The van der Waals surface area contributed by atoms with Gasteiger partial charge in [-0.3, -0.25) is 4.90 Å². The Hall–Kier alpha value is -2.68. The van der Waals surface area contributed by atoms with Crippen LogP contribution in [0.25, 0.3) is 0 Å². The van der Waals surface area contributed by atoms with E-state index in [1.807, 2.05) is 30.3 Å². The van der Waals surface area contributed by atoms with Gasteiger partial charge in [0.15, 0.2) is 6.29 Å². The van der Waals surface area contributed by atoms with Gasteiger partial charge in [-0.15, -0.1) is 0 Å². The minimum Gasteiger partial charge on any atom is -0.489 e. The second kappa shape index (κ2) is 11.5. The monoisotopic (exact) mass is 416 g/mol. The number of hydrogen-bond donors (Lipinski definition) is 1. The fourth-order valence-corrected chi connectivity index (χ4v) is 3.09. The van der Waals surface area contributed by atoms with Crippen LogP contribution in [0.4, 0.5) is 10.6 Å². The normalized spacial score (nSPS) is 16.2. The molecule has 1 saturated heterocycles. The summed E-state index contributed by atoms with van der Waals surface area (Å²) >= 11 is 0. The second-order valence-corrected chi connectivity index (χ2v) is 6.96. The molecule has 30 heavy (non-hydrogen) atoms. The Morgan fingerprint density at radius 1 is 1.23 bits per heavy atom. The van der Waals surface area contributed by atoms with Gasteiger partial charge in [-0.2, -0.15) is 0 Å². The molecule has 1 aromatic heterocycles. The molecule has 8 nitrogen and oxygen atoms in total. The summed E-state index contributed by atoms with van der Waals surface area (Å²) in [5.74, 6) is 0.795. The van der Waals surface area contributed by atoms with Gasteiger partial charge < -0.3 is 24.1 Å². The van der Waals surface area contributed by atoms with E-state index in [1.54, 1.807) is 12.1 Å². The Bertz CT molecular complexity index is 795. The second-order valence-electron chi connectivity index (χ2n) is 6.96. The molecule has 0 saturated carbocycles. The van der Waals surface area contributed by atoms with E-state index in [-0.39, 0.29) is 31.9 Å². The molecule has 1 fully saturated rings. The van der Waals surface area contributed by atoms with Gasteiger partial charge in [0.25, 0.3) is 0 Å². The smallest absolute Gasteiger partial charge is 0.413 e. The van der Waals surface area contributed by atoms with Crippen molar-refractivity contribution in [1.82, 2.24) is 4.98 Å². The van der Waals surface area contributed by atoms with Crippen LogP contribution in [0.3, 0.4) is 0 Å². The molecule has 0 radical (unpaired) electrons. The summed E-state index contributed by atoms with van der Waals surface area (Å²) in [7, 11) is 1.52. The maximum Gasteiger partial charge on any atom is 0.413 e. The highest BCUT2D eigenvalue weighted by atomic mass is 16.7. The number of anilines is 1. The molecule has 3 rings (SSSR count). The van der Waals surface area contributed by atoms with Crippen LogP contribution in [-0.2, 0) is 27.4 Å². The van der Waals surface area contributed by atoms with Crippen LogP contribution in [-0.4, -0.2) is 49.3 Å². The Morgan fingerprint density at radius 2 is 2.07 bits per heavy atom. The lowest BCUT2D eigenvalue weighted by atomic mass is 10.2. The van der Waals surface area contributed by atoms with E-state index in [4.69, 9.17) is 18.9 Å². The van der Waals surface area contributed by atoms with Crippen LogP contribution in [0.1, 0.15) is 30.5 Å². The van der Waals surface area contributed by atoms with Crippen molar-refractivity contribution in [2.45, 2.75) is 38.8 Å². The number of methoxy groups -OCH3 is 1. The van der Waals surface area contributed by atoms with Gasteiger partial charge in [0.1, 0.15) is 18.2 Å². The molecule has 1 unspecified atom stereocenters. The van der Waals surface area contributed by atoms with E-state index in [0.717, 1.165) is 29.7 Å². The number of ether oxygens (including phenoxy) is 4. The van der Waals surface area contributed by atoms with Gasteiger partial charge in [0.05, 0.1) is 25.5 Å². The number of benzene rings is 1. The summed E-state index contributed by atoms with van der Waals surface area (Å²) in [5, 5.41) is 9.62. The molecule has 1 aliphatic rings. The van der Waals surface area contributed by atoms with Crippen molar-refractivity contribution >= 4 is 11.9 Å². The van der Waals surface area contributed by atoms with Crippen LogP contribution in [0.5, 0.6) is 5.75 Å². The fourth-order valence-electron chi connectivity index (χ4n) is 3.09. The van der Waals surface area contributed by atoms with E-state index >= 15 is 0 Å². The summed E-state index contributed by atoms with van der Waals surface area (Å²) in [4.78, 5) is 17.4. The number of carboxylic acid groups (broad SMARTS) is 1. The summed E-state index contributed by atoms with van der Waals surface area (Å²) in [5.41, 5.74) is 1.59. The minimum atomic E-state index is -1.11. The maximum atomic E-state index is 11.8. The number of aromatic nitrogens is 1. The zero-order chi connectivity index (χ0) is 21.2. The van der Waals surface area contributed by atoms with Crippen LogP contribution in [0.2, 0.25) is 0 Å². The quantitative estimate of drug-likeness (QED) is 0.629. The summed E-state index contributed by atoms with van der Waals surface area (Å²) in [6.45, 7) is 1.67. The standard InChI is InChI=1S/C22H28N2O6/c1-27-12-10-24(22(25)26)20-14-19(29-15-17-7-3-2-4-8-17)13-18(23-20)16-30-21-9-5-6-11-28-21/h2-4,7-8,13-14,21H,5-6,9-12,15-16H2,1H3,(H,25,26). The maximum absolute atomic E-state index is 11.8. The third kappa shape index (κ3) is 6.69. The number of pyridine rings is 1. The van der Waals surface area contributed by atoms with Crippen molar-refractivity contribution in [3.8, 4) is 5.75 Å². The Morgan fingerprint density at radius 3 is 2.77 bits per heavy atom. The van der Waals surface area contributed by atoms with Crippen molar-refractivity contribution in [2.24, 2.45) is 0 Å². The zero-order valence-corrected chi connectivity index (χ0v) is 17.2. The molecule has 0 bridgehead atoms. The van der Waals surface area contributed by atoms with Crippen molar-refractivity contribution < 1.29 is 28.8 Å². The molecule has 1 atom stereocenters. The molecule has 2 heterocycles. The van der Waals surface area contributed by atoms with Gasteiger partial charge in [0, 0.05) is 25.8 Å². The van der Waals surface area contributed by atoms with E-state index in [9.17, 15) is 9.90 Å². The van der Waals surface area contributed by atoms with E-state index in [0.29, 0.717) is 24.7 Å². The van der Waals surface area contributed by atoms with Crippen molar-refractivity contribution in [1.29, 1.82) is 0 Å². The lowest BCUT2D eigenvalue weighted by molar-refractivity contribution is -0.169. The summed E-state index contributed by atoms with van der Waals surface area (Å²) in [6, 6.07) is 13.1. The van der Waals surface area contributed by atoms with Crippen LogP contribution >= 0.6 is 0 Å². The molecular formula is C22H28N2O6. The summed E-state index contributed by atoms with van der Waals surface area (Å²) in [6.07, 6.45) is 1.57. The Balaban J connectivity index is 1.77. The van der Waals surface area contributed by atoms with Crippen molar-refractivity contribution in [3.63, 3.8) is 0 Å². The Labute approximate surface area is 176 Å². The SMILES string of the molecule is COCCN(C(=O)O)c1cc(OCc2ccccc2)cc(COC2CCCCO2)n1. The Kier molecular flexibility index (Phi) is 8.43. The van der Waals surface area contributed by atoms with Gasteiger partial charge in [0.2, 0.25) is 0 Å². The lowest BCUT2D eigenvalue weighted by Gasteiger charge is -2.23. The largest absolute Gasteiger partial charge is 0.489 e. The number of rotatable bonds is 10. The molecule has 1 N–H and O–H groups in total. The van der Waals surface area contributed by atoms with E-state index in [1.165, 1.54) is 7.11 Å². The molecule has 162 valence electrons. The van der Waals surface area contributed by atoms with Gasteiger partial charge in [-0.25, -0.2) is 9.78 Å². The highest BCUT2D eigenvalue weighted by molar-refractivity contribution is 5.84. The highest BCUT2D eigenvalue weighted by Gasteiger charge is 2.19. The molecule has 1 aromatic carbocycles. The predicted molar refractivity (Wildman–Crippen MR) is 111 cm³/mol. The highest BCUT2D eigenvalue weighted by Crippen LogP contribution is 2.24. The van der Waals surface area contributed by atoms with Crippen molar-refractivity contribution in [2.75, 3.05) is 31.8 Å². The molecule has 1 amide bonds. The first-order valence-corrected chi connectivity index (χ1v) is 10.1. The molecule has 8 heteroatoms. The topological polar surface area (TPSA) is 90.4 Å². The third-order valence-electron chi connectivity index (χ3n) is 4.67. The fraction of sp³-hybridized carbons (Fsp3) is 0.455. The molecule has 1 aliphatic heterocycles. The van der Waals surface area contributed by atoms with Crippen LogP contribution < -0.4 is 9.64 Å². The average Bonchev–Trinajstić information content (AvgIpc) is 2.78. The summed E-state index contributed by atoms with van der Waals surface area (Å²) < 4.78 is 22.4. The number of hydrogen-bond acceptors (Lipinski definition) is 6. The first kappa shape index (κ1) is 22.0. The van der Waals surface area contributed by atoms with Gasteiger partial charge in [-0.05, 0) is 24.8 Å². The van der Waals surface area contributed by atoms with E-state index in [2.05, 4.69) is 4.98 Å². The van der Waals surface area contributed by atoms with Crippen LogP contribution in [0, 0.1) is 0 Å². The van der Waals surface area contributed by atoms with Gasteiger partial charge in [-0.1, -0.05) is 30.3 Å². The lowest BCUT2D eigenvalue weighted by Crippen LogP contribution is -2.33. The molecule has 0 spiro atoms. The predicted octanol–water partition coefficient (Wildman–Crippen LogP) is 3.83. The van der Waals surface area contributed by atoms with Gasteiger partial charge >= 0.3 is 6.09 Å². The number of amides is 1. The molecule has 0 aliphatic carbocycles. The van der Waals surface area contributed by atoms with Crippen molar-refractivity contribution in [3.05, 3.63) is 53.7 Å². The first-order valence-electron chi connectivity index (χ1n) is 10.1. The average molecular weight is 416 g/mol. The molecule has 2 aromatic rings. The third-order valence-corrected chi connectivity index (χ3v) is 4.67. The number of carbonyl (C=O) groups is 1. The minimum absolute atomic E-state index is 0.160. The van der Waals surface area contributed by atoms with E-state index < -0.39 is 6.09 Å².